The van der Waals surface area contributed by atoms with Crippen LogP contribution in [-0.2, 0) is 17.8 Å². The molecule has 2 fully saturated rings. The molecule has 1 spiro atoms. The normalized spacial score (nSPS) is 23.0. The van der Waals surface area contributed by atoms with Crippen molar-refractivity contribution in [3.63, 3.8) is 0 Å². The highest BCUT2D eigenvalue weighted by Crippen LogP contribution is 2.32. The van der Waals surface area contributed by atoms with Crippen LogP contribution in [-0.4, -0.2) is 65.1 Å². The molecule has 144 valence electrons. The quantitative estimate of drug-likeness (QED) is 0.809. The van der Waals surface area contributed by atoms with Crippen LogP contribution in [0.15, 0.2) is 36.7 Å². The van der Waals surface area contributed by atoms with E-state index in [4.69, 9.17) is 9.47 Å². The zero-order chi connectivity index (χ0) is 18.9. The molecule has 0 bridgehead atoms. The standard InChI is InChI=1S/C20H26N4O3/c1-22-14-20(27-19(22)25)7-3-9-23(15-20)12-16-5-6-18(26-2)17(11-16)13-24-10-4-8-21-24/h4-6,8,10-11H,3,7,9,12-15H2,1-2H3/t20-/m1/s1. The van der Waals surface area contributed by atoms with Gasteiger partial charge in [0.25, 0.3) is 0 Å². The van der Waals surface area contributed by atoms with Crippen molar-refractivity contribution in [2.24, 2.45) is 0 Å². The zero-order valence-electron chi connectivity index (χ0n) is 15.9. The van der Waals surface area contributed by atoms with Gasteiger partial charge in [-0.25, -0.2) is 4.79 Å². The maximum atomic E-state index is 11.8. The molecule has 4 rings (SSSR count). The fraction of sp³-hybridized carbons (Fsp3) is 0.500. The van der Waals surface area contributed by atoms with E-state index in [1.165, 1.54) is 5.56 Å². The van der Waals surface area contributed by atoms with Crippen LogP contribution in [0.25, 0.3) is 0 Å². The van der Waals surface area contributed by atoms with Gasteiger partial charge < -0.3 is 14.4 Å². The summed E-state index contributed by atoms with van der Waals surface area (Å²) in [5.41, 5.74) is 1.99. The van der Waals surface area contributed by atoms with E-state index in [1.54, 1.807) is 25.3 Å². The number of hydrogen-bond acceptors (Lipinski definition) is 5. The maximum absolute atomic E-state index is 11.8. The lowest BCUT2D eigenvalue weighted by Gasteiger charge is -2.38. The van der Waals surface area contributed by atoms with Crippen molar-refractivity contribution in [2.45, 2.75) is 31.5 Å². The Morgan fingerprint density at radius 2 is 2.19 bits per heavy atom. The molecule has 0 saturated carbocycles. The van der Waals surface area contributed by atoms with Gasteiger partial charge in [-0.05, 0) is 43.1 Å². The fourth-order valence-electron chi connectivity index (χ4n) is 4.21. The Bertz CT molecular complexity index is 808. The second kappa shape index (κ2) is 7.23. The monoisotopic (exact) mass is 370 g/mol. The maximum Gasteiger partial charge on any atom is 0.410 e. The van der Waals surface area contributed by atoms with Gasteiger partial charge in [-0.2, -0.15) is 5.10 Å². The first-order valence-electron chi connectivity index (χ1n) is 9.37. The highest BCUT2D eigenvalue weighted by molar-refractivity contribution is 5.70. The van der Waals surface area contributed by atoms with E-state index in [2.05, 4.69) is 22.1 Å². The Kier molecular flexibility index (Phi) is 4.78. The summed E-state index contributed by atoms with van der Waals surface area (Å²) in [4.78, 5) is 15.9. The van der Waals surface area contributed by atoms with Crippen molar-refractivity contribution in [3.05, 3.63) is 47.8 Å². The number of benzene rings is 1. The molecule has 7 nitrogen and oxygen atoms in total. The van der Waals surface area contributed by atoms with E-state index in [0.29, 0.717) is 13.1 Å². The van der Waals surface area contributed by atoms with E-state index in [-0.39, 0.29) is 11.7 Å². The Balaban J connectivity index is 1.48. The summed E-state index contributed by atoms with van der Waals surface area (Å²) < 4.78 is 13.1. The molecule has 27 heavy (non-hydrogen) atoms. The van der Waals surface area contributed by atoms with Crippen LogP contribution in [0.5, 0.6) is 5.75 Å². The van der Waals surface area contributed by atoms with Crippen molar-refractivity contribution < 1.29 is 14.3 Å². The molecule has 2 aromatic rings. The van der Waals surface area contributed by atoms with E-state index in [1.807, 2.05) is 23.0 Å². The van der Waals surface area contributed by atoms with E-state index in [0.717, 1.165) is 43.8 Å². The highest BCUT2D eigenvalue weighted by Gasteiger charge is 2.46. The number of rotatable bonds is 5. The fourth-order valence-corrected chi connectivity index (χ4v) is 4.21. The third kappa shape index (κ3) is 3.78. The number of aromatic nitrogens is 2. The number of carbonyl (C=O) groups is 1. The van der Waals surface area contributed by atoms with E-state index in [9.17, 15) is 4.79 Å². The van der Waals surface area contributed by atoms with Gasteiger partial charge in [0.05, 0.1) is 20.2 Å². The third-order valence-corrected chi connectivity index (χ3v) is 5.40. The topological polar surface area (TPSA) is 59.8 Å². The molecule has 0 N–H and O–H groups in total. The number of likely N-dealkylation sites (tertiary alicyclic amines) is 1. The van der Waals surface area contributed by atoms with E-state index >= 15 is 0 Å². The number of hydrogen-bond donors (Lipinski definition) is 0. The number of amides is 1. The van der Waals surface area contributed by atoms with Crippen molar-refractivity contribution in [1.29, 1.82) is 0 Å². The third-order valence-electron chi connectivity index (χ3n) is 5.40. The average molecular weight is 370 g/mol. The lowest BCUT2D eigenvalue weighted by molar-refractivity contribution is -0.0113. The van der Waals surface area contributed by atoms with Gasteiger partial charge in [-0.3, -0.25) is 9.58 Å². The van der Waals surface area contributed by atoms with Gasteiger partial charge >= 0.3 is 6.09 Å². The predicted octanol–water partition coefficient (Wildman–Crippen LogP) is 2.36. The largest absolute Gasteiger partial charge is 0.496 e. The van der Waals surface area contributed by atoms with E-state index < -0.39 is 0 Å². The summed E-state index contributed by atoms with van der Waals surface area (Å²) in [6.45, 7) is 3.98. The number of ether oxygens (including phenoxy) is 2. The molecule has 2 aliphatic heterocycles. The molecule has 2 aliphatic rings. The second-order valence-electron chi connectivity index (χ2n) is 7.57. The SMILES string of the molecule is COc1ccc(CN2CCC[C@]3(C2)CN(C)C(=O)O3)cc1Cn1cccn1. The molecule has 0 aliphatic carbocycles. The minimum absolute atomic E-state index is 0.206. The van der Waals surface area contributed by atoms with Crippen LogP contribution < -0.4 is 4.74 Å². The molecule has 1 aromatic heterocycles. The second-order valence-corrected chi connectivity index (χ2v) is 7.57. The van der Waals surface area contributed by atoms with Crippen LogP contribution in [0.2, 0.25) is 0 Å². The Labute approximate surface area is 159 Å². The summed E-state index contributed by atoms with van der Waals surface area (Å²) in [7, 11) is 3.50. The molecule has 3 heterocycles. The summed E-state index contributed by atoms with van der Waals surface area (Å²) >= 11 is 0. The van der Waals surface area contributed by atoms with Gasteiger partial charge in [0, 0.05) is 38.1 Å². The minimum Gasteiger partial charge on any atom is -0.496 e. The number of likely N-dealkylation sites (N-methyl/N-ethyl adjacent to an activating group) is 1. The Morgan fingerprint density at radius 1 is 1.30 bits per heavy atom. The molecule has 0 radical (unpaired) electrons. The van der Waals surface area contributed by atoms with Crippen molar-refractivity contribution >= 4 is 6.09 Å². The first kappa shape index (κ1) is 17.9. The van der Waals surface area contributed by atoms with Crippen molar-refractivity contribution in [3.8, 4) is 5.75 Å². The smallest absolute Gasteiger partial charge is 0.410 e. The molecular weight excluding hydrogens is 344 g/mol. The lowest BCUT2D eigenvalue weighted by atomic mass is 9.92. The van der Waals surface area contributed by atoms with Gasteiger partial charge in [0.1, 0.15) is 11.4 Å². The number of piperidine rings is 1. The van der Waals surface area contributed by atoms with Crippen LogP contribution in [0.4, 0.5) is 4.79 Å². The molecule has 0 unspecified atom stereocenters. The summed E-state index contributed by atoms with van der Waals surface area (Å²) in [5.74, 6) is 0.871. The zero-order valence-corrected chi connectivity index (χ0v) is 15.9. The summed E-state index contributed by atoms with van der Waals surface area (Å²) in [6.07, 6.45) is 5.50. The predicted molar refractivity (Wildman–Crippen MR) is 101 cm³/mol. The van der Waals surface area contributed by atoms with Crippen LogP contribution in [0, 0.1) is 0 Å². The first-order valence-corrected chi connectivity index (χ1v) is 9.37. The average Bonchev–Trinajstić information content (AvgIpc) is 3.24. The Hall–Kier alpha value is -2.54. The minimum atomic E-state index is -0.353. The molecule has 7 heteroatoms. The van der Waals surface area contributed by atoms with Crippen molar-refractivity contribution in [1.82, 2.24) is 19.6 Å². The van der Waals surface area contributed by atoms with Gasteiger partial charge in [0.15, 0.2) is 0 Å². The van der Waals surface area contributed by atoms with Gasteiger partial charge in [-0.15, -0.1) is 0 Å². The molecule has 1 amide bonds. The first-order chi connectivity index (χ1) is 13.1. The Morgan fingerprint density at radius 3 is 2.89 bits per heavy atom. The summed E-state index contributed by atoms with van der Waals surface area (Å²) in [6, 6.07) is 8.24. The van der Waals surface area contributed by atoms with Gasteiger partial charge in [-0.1, -0.05) is 6.07 Å². The number of carbonyl (C=O) groups excluding carboxylic acids is 1. The highest BCUT2D eigenvalue weighted by atomic mass is 16.6. The number of methoxy groups -OCH3 is 1. The van der Waals surface area contributed by atoms with Crippen LogP contribution in [0.3, 0.4) is 0 Å². The lowest BCUT2D eigenvalue weighted by Crippen LogP contribution is -2.50. The molecule has 1 atom stereocenters. The molecule has 2 saturated heterocycles. The number of nitrogens with zero attached hydrogens (tertiary/aromatic N) is 4. The van der Waals surface area contributed by atoms with Crippen LogP contribution in [0.1, 0.15) is 24.0 Å². The van der Waals surface area contributed by atoms with Gasteiger partial charge in [0.2, 0.25) is 0 Å². The van der Waals surface area contributed by atoms with Crippen molar-refractivity contribution in [2.75, 3.05) is 33.8 Å². The molecule has 1 aromatic carbocycles. The van der Waals surface area contributed by atoms with Crippen LogP contribution >= 0.6 is 0 Å². The molecular formula is C20H26N4O3. The summed E-state index contributed by atoms with van der Waals surface area (Å²) in [5, 5.41) is 4.29.